The number of nitrogens with zero attached hydrogens (tertiary/aromatic N) is 8. The van der Waals surface area contributed by atoms with Gasteiger partial charge < -0.3 is 0 Å². The Morgan fingerprint density at radius 1 is 0.414 bits per heavy atom. The van der Waals surface area contributed by atoms with Crippen LogP contribution in [-0.2, 0) is 0 Å². The summed E-state index contributed by atoms with van der Waals surface area (Å²) in [4.78, 5) is 25.5. The molecule has 0 bridgehead atoms. The molecule has 0 aliphatic heterocycles. The number of rotatable bonds is 6. The molecule has 58 heavy (non-hydrogen) atoms. The zero-order valence-corrected chi connectivity index (χ0v) is 30.9. The number of pyridine rings is 2. The predicted molar refractivity (Wildman–Crippen MR) is 231 cm³/mol. The highest BCUT2D eigenvalue weighted by Gasteiger charge is 2.30. The number of nitriles is 1. The molecule has 8 nitrogen and oxygen atoms in total. The van der Waals surface area contributed by atoms with Crippen molar-refractivity contribution < 1.29 is 0 Å². The minimum Gasteiger partial charge on any atom is -0.292 e. The quantitative estimate of drug-likeness (QED) is 0.168. The maximum Gasteiger partial charge on any atom is 0.166 e. The predicted octanol–water partition coefficient (Wildman–Crippen LogP) is 11.4. The van der Waals surface area contributed by atoms with Crippen molar-refractivity contribution in [2.24, 2.45) is 0 Å². The fourth-order valence-electron chi connectivity index (χ4n) is 8.23. The fourth-order valence-corrected chi connectivity index (χ4v) is 8.23. The highest BCUT2D eigenvalue weighted by atomic mass is 15.1. The molecule has 5 aromatic heterocycles. The first-order valence-corrected chi connectivity index (χ1v) is 19.0. The average molecular weight is 743 g/mol. The van der Waals surface area contributed by atoms with Crippen LogP contribution < -0.4 is 0 Å². The molecule has 0 saturated carbocycles. The summed E-state index contributed by atoms with van der Waals surface area (Å²) in [6, 6.07) is 59.4. The Bertz CT molecular complexity index is 3240. The van der Waals surface area contributed by atoms with Crippen LogP contribution in [0, 0.1) is 11.3 Å². The van der Waals surface area contributed by atoms with Crippen LogP contribution in [0.2, 0.25) is 0 Å². The first-order chi connectivity index (χ1) is 28.8. The second kappa shape index (κ2) is 13.5. The van der Waals surface area contributed by atoms with E-state index in [9.17, 15) is 5.26 Å². The zero-order chi connectivity index (χ0) is 38.6. The summed E-state index contributed by atoms with van der Waals surface area (Å²) in [7, 11) is 0. The minimum absolute atomic E-state index is 0.421. The maximum absolute atomic E-state index is 11.4. The molecule has 11 rings (SSSR count). The largest absolute Gasteiger partial charge is 0.292 e. The van der Waals surface area contributed by atoms with E-state index >= 15 is 0 Å². The number of fused-ring (bicyclic) bond motifs is 6. The molecular weight excluding hydrogens is 713 g/mol. The van der Waals surface area contributed by atoms with Crippen LogP contribution in [0.15, 0.2) is 182 Å². The summed E-state index contributed by atoms with van der Waals surface area (Å²) < 4.78 is 4.35. The molecule has 0 unspecified atom stereocenters. The minimum atomic E-state index is 0.421. The van der Waals surface area contributed by atoms with Crippen molar-refractivity contribution in [2.45, 2.75) is 0 Å². The monoisotopic (exact) mass is 742 g/mol. The normalized spacial score (nSPS) is 11.4. The first kappa shape index (κ1) is 33.1. The Kier molecular flexibility index (Phi) is 7.69. The van der Waals surface area contributed by atoms with E-state index in [1.54, 1.807) is 6.20 Å². The third-order valence-corrected chi connectivity index (χ3v) is 10.7. The Hall–Kier alpha value is -8.28. The van der Waals surface area contributed by atoms with Gasteiger partial charge in [0.25, 0.3) is 0 Å². The van der Waals surface area contributed by atoms with E-state index in [0.717, 1.165) is 71.8 Å². The SMILES string of the molecule is N#Cc1cc(-c2nc(-c3ccccc3)nc(-c3ccccc3)n2)c(-n2c3ccccc3c3cccnc32)c(-c2ccccc2)c1-n1c2ccccc2c2cccnc21. The van der Waals surface area contributed by atoms with Crippen LogP contribution in [0.25, 0.3) is 101 Å². The van der Waals surface area contributed by atoms with Gasteiger partial charge >= 0.3 is 0 Å². The van der Waals surface area contributed by atoms with E-state index in [2.05, 4.69) is 69.8 Å². The number of aromatic nitrogens is 7. The van der Waals surface area contributed by atoms with Crippen molar-refractivity contribution in [1.82, 2.24) is 34.1 Å². The molecule has 0 spiro atoms. The lowest BCUT2D eigenvalue weighted by Gasteiger charge is -2.24. The number of para-hydroxylation sites is 2. The Morgan fingerprint density at radius 2 is 0.845 bits per heavy atom. The highest BCUT2D eigenvalue weighted by molar-refractivity contribution is 6.12. The number of hydrogen-bond acceptors (Lipinski definition) is 6. The van der Waals surface area contributed by atoms with Crippen molar-refractivity contribution in [1.29, 1.82) is 5.26 Å². The molecular formula is C50H30N8. The Balaban J connectivity index is 1.38. The molecule has 5 heterocycles. The Labute approximate surface area is 332 Å². The second-order valence-electron chi connectivity index (χ2n) is 14.0. The van der Waals surface area contributed by atoms with E-state index in [1.165, 1.54) is 0 Å². The van der Waals surface area contributed by atoms with Gasteiger partial charge in [-0.2, -0.15) is 5.26 Å². The zero-order valence-electron chi connectivity index (χ0n) is 30.9. The van der Waals surface area contributed by atoms with Gasteiger partial charge in [-0.1, -0.05) is 127 Å². The highest BCUT2D eigenvalue weighted by Crippen LogP contribution is 2.46. The first-order valence-electron chi connectivity index (χ1n) is 19.0. The van der Waals surface area contributed by atoms with Gasteiger partial charge in [0, 0.05) is 56.2 Å². The lowest BCUT2D eigenvalue weighted by atomic mass is 9.93. The van der Waals surface area contributed by atoms with Crippen molar-refractivity contribution in [3.8, 4) is 62.7 Å². The van der Waals surface area contributed by atoms with E-state index in [4.69, 9.17) is 24.9 Å². The van der Waals surface area contributed by atoms with Gasteiger partial charge in [0.2, 0.25) is 0 Å². The molecule has 0 fully saturated rings. The average Bonchev–Trinajstić information content (AvgIpc) is 3.82. The molecule has 0 atom stereocenters. The maximum atomic E-state index is 11.4. The topological polar surface area (TPSA) is 98.1 Å². The Morgan fingerprint density at radius 3 is 1.36 bits per heavy atom. The lowest BCUT2D eigenvalue weighted by molar-refractivity contribution is 1.05. The molecule has 0 amide bonds. The summed E-state index contributed by atoms with van der Waals surface area (Å²) in [5, 5.41) is 15.4. The van der Waals surface area contributed by atoms with Crippen LogP contribution in [0.5, 0.6) is 0 Å². The summed E-state index contributed by atoms with van der Waals surface area (Å²) in [5.74, 6) is 1.46. The smallest absolute Gasteiger partial charge is 0.166 e. The summed E-state index contributed by atoms with van der Waals surface area (Å²) >= 11 is 0. The second-order valence-corrected chi connectivity index (χ2v) is 14.0. The lowest BCUT2D eigenvalue weighted by Crippen LogP contribution is -2.10. The van der Waals surface area contributed by atoms with Gasteiger partial charge in [0.15, 0.2) is 17.5 Å². The fraction of sp³-hybridized carbons (Fsp3) is 0. The van der Waals surface area contributed by atoms with Gasteiger partial charge in [0.05, 0.1) is 28.0 Å². The molecule has 6 aromatic carbocycles. The van der Waals surface area contributed by atoms with Crippen LogP contribution in [0.4, 0.5) is 0 Å². The molecule has 11 aromatic rings. The summed E-state index contributed by atoms with van der Waals surface area (Å²) in [5.41, 5.74) is 9.34. The molecule has 0 N–H and O–H groups in total. The van der Waals surface area contributed by atoms with Crippen LogP contribution in [0.1, 0.15) is 5.56 Å². The third kappa shape index (κ3) is 5.19. The van der Waals surface area contributed by atoms with E-state index < -0.39 is 0 Å². The van der Waals surface area contributed by atoms with Gasteiger partial charge in [-0.15, -0.1) is 0 Å². The van der Waals surface area contributed by atoms with Crippen LogP contribution in [0.3, 0.4) is 0 Å². The van der Waals surface area contributed by atoms with E-state index in [0.29, 0.717) is 34.3 Å². The number of benzene rings is 6. The molecule has 0 aliphatic rings. The molecule has 8 heteroatoms. The molecule has 0 saturated heterocycles. The molecule has 270 valence electrons. The van der Waals surface area contributed by atoms with Crippen LogP contribution in [-0.4, -0.2) is 34.1 Å². The number of hydrogen-bond donors (Lipinski definition) is 0. The van der Waals surface area contributed by atoms with Crippen LogP contribution >= 0.6 is 0 Å². The van der Waals surface area contributed by atoms with E-state index in [-0.39, 0.29) is 0 Å². The van der Waals surface area contributed by atoms with Gasteiger partial charge in [-0.3, -0.25) is 9.13 Å². The van der Waals surface area contributed by atoms with Crippen molar-refractivity contribution in [3.05, 3.63) is 188 Å². The van der Waals surface area contributed by atoms with E-state index in [1.807, 2.05) is 121 Å². The summed E-state index contributed by atoms with van der Waals surface area (Å²) in [6.45, 7) is 0. The molecule has 0 radical (unpaired) electrons. The van der Waals surface area contributed by atoms with Crippen molar-refractivity contribution in [3.63, 3.8) is 0 Å². The van der Waals surface area contributed by atoms with Crippen molar-refractivity contribution in [2.75, 3.05) is 0 Å². The third-order valence-electron chi connectivity index (χ3n) is 10.7. The van der Waals surface area contributed by atoms with Gasteiger partial charge in [0.1, 0.15) is 17.4 Å². The molecule has 0 aliphatic carbocycles. The van der Waals surface area contributed by atoms with Crippen molar-refractivity contribution >= 4 is 43.9 Å². The van der Waals surface area contributed by atoms with Gasteiger partial charge in [-0.25, -0.2) is 24.9 Å². The summed E-state index contributed by atoms with van der Waals surface area (Å²) in [6.07, 6.45) is 3.63. The standard InChI is InChI=1S/C50H30N8/c51-31-35-30-40(48-55-46(33-18-6-2-7-19-33)54-47(56-48)34-20-8-3-9-21-34)45(58-42-27-13-11-23-37(42)39-25-15-29-53-50(39)58)43(32-16-4-1-5-17-32)44(35)57-41-26-12-10-22-36(41)38-24-14-28-52-49(38)57/h1-30H. The van der Waals surface area contributed by atoms with Gasteiger partial charge in [-0.05, 0) is 48.0 Å².